The van der Waals surface area contributed by atoms with E-state index in [9.17, 15) is 0 Å². The third-order valence-corrected chi connectivity index (χ3v) is 14.6. The van der Waals surface area contributed by atoms with Crippen molar-refractivity contribution in [3.8, 4) is 33.4 Å². The average molecular weight is 814 g/mol. The number of furan rings is 1. The summed E-state index contributed by atoms with van der Waals surface area (Å²) in [5.74, 6) is 0. The minimum absolute atomic E-state index is 0.461. The molecule has 3 aliphatic rings. The van der Waals surface area contributed by atoms with Crippen molar-refractivity contribution in [3.05, 3.63) is 281 Å². The van der Waals surface area contributed by atoms with Gasteiger partial charge in [-0.25, -0.2) is 0 Å². The van der Waals surface area contributed by atoms with Crippen molar-refractivity contribution in [2.24, 2.45) is 0 Å². The van der Waals surface area contributed by atoms with E-state index in [1.54, 1.807) is 0 Å². The van der Waals surface area contributed by atoms with Crippen LogP contribution in [0.5, 0.6) is 0 Å². The van der Waals surface area contributed by atoms with Crippen molar-refractivity contribution < 1.29 is 4.42 Å². The van der Waals surface area contributed by atoms with Crippen LogP contribution in [0.3, 0.4) is 0 Å². The van der Waals surface area contributed by atoms with Crippen molar-refractivity contribution in [3.63, 3.8) is 0 Å². The molecule has 1 spiro atoms. The summed E-state index contributed by atoms with van der Waals surface area (Å²) in [6.45, 7) is 0. The van der Waals surface area contributed by atoms with Crippen LogP contribution in [0.25, 0.3) is 55.3 Å². The van der Waals surface area contributed by atoms with Crippen LogP contribution in [0.4, 0.5) is 17.1 Å². The van der Waals surface area contributed by atoms with E-state index in [1.807, 2.05) is 0 Å². The van der Waals surface area contributed by atoms with Crippen molar-refractivity contribution in [1.29, 1.82) is 0 Å². The molecular weight excluding hydrogens is 775 g/mol. The van der Waals surface area contributed by atoms with Gasteiger partial charge in [0.15, 0.2) is 5.58 Å². The summed E-state index contributed by atoms with van der Waals surface area (Å²) in [5.41, 5.74) is 21.8. The molecular formula is C62H39NO. The van der Waals surface area contributed by atoms with Crippen molar-refractivity contribution in [1.82, 2.24) is 0 Å². The molecule has 0 saturated carbocycles. The van der Waals surface area contributed by atoms with Crippen LogP contribution < -0.4 is 4.90 Å². The minimum Gasteiger partial charge on any atom is -0.454 e. The van der Waals surface area contributed by atoms with Gasteiger partial charge in [0, 0.05) is 22.0 Å². The highest BCUT2D eigenvalue weighted by molar-refractivity contribution is 6.14. The van der Waals surface area contributed by atoms with E-state index in [4.69, 9.17) is 4.42 Å². The van der Waals surface area contributed by atoms with Crippen LogP contribution in [0.1, 0.15) is 44.5 Å². The maximum Gasteiger partial charge on any atom is 0.159 e. The summed E-state index contributed by atoms with van der Waals surface area (Å²) in [4.78, 5) is 2.44. The van der Waals surface area contributed by atoms with Gasteiger partial charge in [-0.15, -0.1) is 0 Å². The SMILES string of the molecule is c1ccc(N(c2cccc3c2-c2ccccc2C32c3ccccc3-c3ccccc32)c2cccc3c2oc2cccc(C4(c5ccccc5)c5ccccc5-c5ccccc54)c23)cc1. The average Bonchev–Trinajstić information content (AvgIpc) is 4.08. The molecule has 0 fully saturated rings. The lowest BCUT2D eigenvalue weighted by Crippen LogP contribution is -2.28. The molecule has 0 amide bonds. The molecule has 0 bridgehead atoms. The molecule has 64 heavy (non-hydrogen) atoms. The van der Waals surface area contributed by atoms with Crippen molar-refractivity contribution in [2.75, 3.05) is 4.90 Å². The van der Waals surface area contributed by atoms with Gasteiger partial charge in [-0.3, -0.25) is 0 Å². The Morgan fingerprint density at radius 1 is 0.312 bits per heavy atom. The maximum absolute atomic E-state index is 7.30. The van der Waals surface area contributed by atoms with Crippen LogP contribution in [-0.2, 0) is 10.8 Å². The fourth-order valence-electron chi connectivity index (χ4n) is 12.3. The maximum atomic E-state index is 7.30. The molecule has 0 atom stereocenters. The third-order valence-electron chi connectivity index (χ3n) is 14.6. The Labute approximate surface area is 372 Å². The smallest absolute Gasteiger partial charge is 0.159 e. The highest BCUT2D eigenvalue weighted by Crippen LogP contribution is 2.65. The zero-order chi connectivity index (χ0) is 42.0. The van der Waals surface area contributed by atoms with Gasteiger partial charge in [0.2, 0.25) is 0 Å². The van der Waals surface area contributed by atoms with Gasteiger partial charge in [-0.2, -0.15) is 0 Å². The Hall–Kier alpha value is -8.20. The lowest BCUT2D eigenvalue weighted by atomic mass is 9.66. The quantitative estimate of drug-likeness (QED) is 0.172. The first-order chi connectivity index (χ1) is 31.8. The van der Waals surface area contributed by atoms with Gasteiger partial charge in [0.05, 0.1) is 22.2 Å². The minimum atomic E-state index is -0.577. The number of hydrogen-bond acceptors (Lipinski definition) is 2. The fraction of sp³-hybridized carbons (Fsp3) is 0.0323. The summed E-state index contributed by atoms with van der Waals surface area (Å²) in [7, 11) is 0. The molecule has 11 aromatic rings. The highest BCUT2D eigenvalue weighted by Gasteiger charge is 2.52. The van der Waals surface area contributed by atoms with Crippen LogP contribution in [-0.4, -0.2) is 0 Å². The summed E-state index contributed by atoms with van der Waals surface area (Å²) in [5, 5.41) is 2.22. The molecule has 0 radical (unpaired) electrons. The molecule has 1 heterocycles. The number of anilines is 3. The molecule has 0 unspecified atom stereocenters. The van der Waals surface area contributed by atoms with Crippen LogP contribution in [0.2, 0.25) is 0 Å². The standard InChI is InChI=1S/C62H39NO/c1-3-20-40(21-4-1)61(48-30-12-7-24-42(48)43-25-8-13-31-49(43)61)54-36-19-39-57-59(54)47-29-17-38-56(60(47)64-57)63(41-22-5-2-6-23-41)55-37-18-35-53-58(55)46-28-11-16-34-52(46)62(53)50-32-14-9-26-44(50)45-27-10-15-33-51(45)62/h1-39H. The van der Waals surface area contributed by atoms with E-state index < -0.39 is 10.8 Å². The van der Waals surface area contributed by atoms with Gasteiger partial charge in [-0.1, -0.05) is 206 Å². The summed E-state index contributed by atoms with van der Waals surface area (Å²) in [6, 6.07) is 87.3. The predicted molar refractivity (Wildman–Crippen MR) is 262 cm³/mol. The van der Waals surface area contributed by atoms with Gasteiger partial charge in [-0.05, 0) is 103 Å². The Morgan fingerprint density at radius 3 is 1.36 bits per heavy atom. The number of fused-ring (bicyclic) bond motifs is 16. The van der Waals surface area contributed by atoms with E-state index in [-0.39, 0.29) is 0 Å². The summed E-state index contributed by atoms with van der Waals surface area (Å²) >= 11 is 0. The number of para-hydroxylation sites is 2. The van der Waals surface area contributed by atoms with E-state index in [1.165, 1.54) is 77.9 Å². The Balaban J connectivity index is 1.06. The molecule has 0 N–H and O–H groups in total. The second kappa shape index (κ2) is 13.2. The number of nitrogens with zero attached hydrogens (tertiary/aromatic N) is 1. The van der Waals surface area contributed by atoms with Gasteiger partial charge in [0.25, 0.3) is 0 Å². The highest BCUT2D eigenvalue weighted by atomic mass is 16.3. The molecule has 3 aliphatic carbocycles. The van der Waals surface area contributed by atoms with Crippen LogP contribution >= 0.6 is 0 Å². The van der Waals surface area contributed by atoms with Crippen LogP contribution in [0, 0.1) is 0 Å². The molecule has 10 aromatic carbocycles. The van der Waals surface area contributed by atoms with E-state index in [0.29, 0.717) is 0 Å². The van der Waals surface area contributed by atoms with E-state index in [0.717, 1.165) is 39.0 Å². The first-order valence-corrected chi connectivity index (χ1v) is 22.3. The Bertz CT molecular complexity index is 3600. The predicted octanol–water partition coefficient (Wildman–Crippen LogP) is 15.8. The monoisotopic (exact) mass is 813 g/mol. The molecule has 2 nitrogen and oxygen atoms in total. The van der Waals surface area contributed by atoms with Crippen molar-refractivity contribution in [2.45, 2.75) is 10.8 Å². The third kappa shape index (κ3) is 4.39. The van der Waals surface area contributed by atoms with E-state index in [2.05, 4.69) is 241 Å². The molecule has 0 saturated heterocycles. The van der Waals surface area contributed by atoms with Gasteiger partial charge < -0.3 is 9.32 Å². The Morgan fingerprint density at radius 2 is 0.750 bits per heavy atom. The topological polar surface area (TPSA) is 16.4 Å². The van der Waals surface area contributed by atoms with Gasteiger partial charge in [0.1, 0.15) is 5.58 Å². The first-order valence-electron chi connectivity index (χ1n) is 22.3. The second-order valence-electron chi connectivity index (χ2n) is 17.4. The summed E-state index contributed by atoms with van der Waals surface area (Å²) < 4.78 is 7.30. The number of rotatable bonds is 5. The van der Waals surface area contributed by atoms with Crippen molar-refractivity contribution >= 4 is 39.0 Å². The Kier molecular flexibility index (Phi) is 7.28. The largest absolute Gasteiger partial charge is 0.454 e. The molecule has 298 valence electrons. The van der Waals surface area contributed by atoms with Gasteiger partial charge >= 0.3 is 0 Å². The summed E-state index contributed by atoms with van der Waals surface area (Å²) in [6.07, 6.45) is 0. The molecule has 2 heteroatoms. The number of hydrogen-bond donors (Lipinski definition) is 0. The molecule has 0 aliphatic heterocycles. The lowest BCUT2D eigenvalue weighted by Gasteiger charge is -2.34. The number of benzene rings is 10. The second-order valence-corrected chi connectivity index (χ2v) is 17.4. The molecule has 1 aromatic heterocycles. The first kappa shape index (κ1) is 35.4. The fourth-order valence-corrected chi connectivity index (χ4v) is 12.3. The van der Waals surface area contributed by atoms with E-state index >= 15 is 0 Å². The zero-order valence-electron chi connectivity index (χ0n) is 34.9. The molecule has 14 rings (SSSR count). The normalized spacial score (nSPS) is 14.2. The van der Waals surface area contributed by atoms with Crippen LogP contribution in [0.15, 0.2) is 241 Å². The lowest BCUT2D eigenvalue weighted by molar-refractivity contribution is 0.668. The zero-order valence-corrected chi connectivity index (χ0v) is 34.9.